The fraction of sp³-hybridized carbons (Fsp3) is 0.350. The van der Waals surface area contributed by atoms with Crippen LogP contribution < -0.4 is 4.90 Å². The van der Waals surface area contributed by atoms with E-state index in [0.717, 1.165) is 12.2 Å². The van der Waals surface area contributed by atoms with Crippen molar-refractivity contribution in [1.82, 2.24) is 14.8 Å². The third kappa shape index (κ3) is 4.20. The predicted molar refractivity (Wildman–Crippen MR) is 101 cm³/mol. The lowest BCUT2D eigenvalue weighted by Crippen LogP contribution is -2.50. The van der Waals surface area contributed by atoms with Gasteiger partial charge in [0.15, 0.2) is 0 Å². The second-order valence-electron chi connectivity index (χ2n) is 6.54. The van der Waals surface area contributed by atoms with E-state index in [-0.39, 0.29) is 11.8 Å². The molecule has 1 aliphatic rings. The molecule has 1 fully saturated rings. The number of nitrogens with zero attached hydrogens (tertiary/aromatic N) is 4. The van der Waals surface area contributed by atoms with Crippen molar-refractivity contribution in [3.05, 3.63) is 59.9 Å². The summed E-state index contributed by atoms with van der Waals surface area (Å²) in [7, 11) is 2.00. The average molecular weight is 352 g/mol. The number of benzene rings is 1. The molecule has 3 rings (SSSR count). The number of carbonyl (C=O) groups is 2. The minimum absolute atomic E-state index is 0.0553. The molecule has 0 N–H and O–H groups in total. The highest BCUT2D eigenvalue weighted by Crippen LogP contribution is 2.17. The normalized spacial score (nSPS) is 14.2. The fourth-order valence-electron chi connectivity index (χ4n) is 3.11. The molecule has 1 saturated heterocycles. The van der Waals surface area contributed by atoms with Gasteiger partial charge in [-0.15, -0.1) is 0 Å². The van der Waals surface area contributed by atoms with Crippen molar-refractivity contribution in [2.45, 2.75) is 13.5 Å². The van der Waals surface area contributed by atoms with Crippen LogP contribution in [0.1, 0.15) is 23.0 Å². The number of pyridine rings is 1. The molecule has 0 radical (unpaired) electrons. The van der Waals surface area contributed by atoms with E-state index in [2.05, 4.69) is 22.0 Å². The molecule has 2 aromatic rings. The highest BCUT2D eigenvalue weighted by atomic mass is 16.2. The maximum Gasteiger partial charge on any atom is 0.272 e. The third-order valence-corrected chi connectivity index (χ3v) is 4.68. The summed E-state index contributed by atoms with van der Waals surface area (Å²) >= 11 is 0. The molecule has 0 unspecified atom stereocenters. The summed E-state index contributed by atoms with van der Waals surface area (Å²) in [6.07, 6.45) is 1.68. The van der Waals surface area contributed by atoms with Gasteiger partial charge in [0.2, 0.25) is 5.91 Å². The van der Waals surface area contributed by atoms with Gasteiger partial charge in [-0.25, -0.2) is 0 Å². The molecule has 0 aliphatic carbocycles. The smallest absolute Gasteiger partial charge is 0.272 e. The second-order valence-corrected chi connectivity index (χ2v) is 6.54. The van der Waals surface area contributed by atoms with E-state index < -0.39 is 0 Å². The molecule has 2 heterocycles. The largest absolute Gasteiger partial charge is 0.370 e. The molecule has 136 valence electrons. The van der Waals surface area contributed by atoms with Gasteiger partial charge in [0, 0.05) is 58.6 Å². The summed E-state index contributed by atoms with van der Waals surface area (Å²) in [5.41, 5.74) is 2.60. The number of aromatic nitrogens is 1. The number of hydrogen-bond acceptors (Lipinski definition) is 4. The first-order valence-corrected chi connectivity index (χ1v) is 8.80. The molecule has 1 aromatic heterocycles. The molecule has 0 bridgehead atoms. The minimum atomic E-state index is -0.0804. The van der Waals surface area contributed by atoms with Crippen molar-refractivity contribution >= 4 is 17.5 Å². The maximum absolute atomic E-state index is 12.8. The topological polar surface area (TPSA) is 56.8 Å². The molecule has 0 atom stereocenters. The van der Waals surface area contributed by atoms with Crippen LogP contribution in [0.5, 0.6) is 0 Å². The lowest BCUT2D eigenvalue weighted by atomic mass is 10.2. The molecule has 1 aromatic carbocycles. The highest BCUT2D eigenvalue weighted by Gasteiger charge is 2.24. The van der Waals surface area contributed by atoms with E-state index in [4.69, 9.17) is 0 Å². The maximum atomic E-state index is 12.8. The Kier molecular flexibility index (Phi) is 5.51. The zero-order valence-corrected chi connectivity index (χ0v) is 15.3. The fourth-order valence-corrected chi connectivity index (χ4v) is 3.11. The number of carbonyl (C=O) groups excluding carboxylic acids is 2. The third-order valence-electron chi connectivity index (χ3n) is 4.68. The van der Waals surface area contributed by atoms with Gasteiger partial charge in [0.1, 0.15) is 5.69 Å². The quantitative estimate of drug-likeness (QED) is 0.845. The minimum Gasteiger partial charge on any atom is -0.370 e. The van der Waals surface area contributed by atoms with Crippen molar-refractivity contribution in [2.24, 2.45) is 0 Å². The Morgan fingerprint density at radius 3 is 2.35 bits per heavy atom. The van der Waals surface area contributed by atoms with Crippen LogP contribution in [0.3, 0.4) is 0 Å². The van der Waals surface area contributed by atoms with E-state index >= 15 is 0 Å². The molecule has 2 amide bonds. The Bertz CT molecular complexity index is 770. The SMILES string of the molecule is CC(=O)N1CCN(C(=O)c2cc(N(C)Cc3ccccc3)ccn2)CC1. The molecule has 1 aliphatic heterocycles. The van der Waals surface area contributed by atoms with Crippen molar-refractivity contribution in [3.8, 4) is 0 Å². The van der Waals surface area contributed by atoms with Gasteiger partial charge >= 0.3 is 0 Å². The number of rotatable bonds is 4. The average Bonchev–Trinajstić information content (AvgIpc) is 2.68. The highest BCUT2D eigenvalue weighted by molar-refractivity contribution is 5.93. The van der Waals surface area contributed by atoms with Crippen molar-refractivity contribution in [1.29, 1.82) is 0 Å². The van der Waals surface area contributed by atoms with Gasteiger partial charge < -0.3 is 14.7 Å². The lowest BCUT2D eigenvalue weighted by Gasteiger charge is -2.34. The first-order chi connectivity index (χ1) is 12.5. The van der Waals surface area contributed by atoms with Gasteiger partial charge in [0.25, 0.3) is 5.91 Å². The van der Waals surface area contributed by atoms with E-state index in [9.17, 15) is 9.59 Å². The molecule has 0 saturated carbocycles. The number of amides is 2. The van der Waals surface area contributed by atoms with Crippen LogP contribution in [0.15, 0.2) is 48.7 Å². The van der Waals surface area contributed by atoms with Gasteiger partial charge in [-0.1, -0.05) is 30.3 Å². The van der Waals surface area contributed by atoms with E-state index in [1.807, 2.05) is 37.4 Å². The summed E-state index contributed by atoms with van der Waals surface area (Å²) in [4.78, 5) is 34.1. The van der Waals surface area contributed by atoms with E-state index in [1.54, 1.807) is 22.9 Å². The Morgan fingerprint density at radius 1 is 1.04 bits per heavy atom. The molecule has 6 heteroatoms. The molecule has 0 spiro atoms. The zero-order chi connectivity index (χ0) is 18.5. The molecular formula is C20H24N4O2. The van der Waals surface area contributed by atoms with Crippen LogP contribution >= 0.6 is 0 Å². The van der Waals surface area contributed by atoms with E-state index in [0.29, 0.717) is 31.9 Å². The first kappa shape index (κ1) is 17.9. The van der Waals surface area contributed by atoms with Crippen LogP contribution in [-0.4, -0.2) is 59.8 Å². The van der Waals surface area contributed by atoms with Gasteiger partial charge in [-0.2, -0.15) is 0 Å². The first-order valence-electron chi connectivity index (χ1n) is 8.80. The number of piperazine rings is 1. The van der Waals surface area contributed by atoms with Crippen molar-refractivity contribution in [3.63, 3.8) is 0 Å². The standard InChI is InChI=1S/C20H24N4O2/c1-16(25)23-10-12-24(13-11-23)20(26)19-14-18(8-9-21-19)22(2)15-17-6-4-3-5-7-17/h3-9,14H,10-13,15H2,1-2H3. The molecule has 6 nitrogen and oxygen atoms in total. The van der Waals surface area contributed by atoms with Gasteiger partial charge in [0.05, 0.1) is 0 Å². The monoisotopic (exact) mass is 352 g/mol. The Morgan fingerprint density at radius 2 is 1.69 bits per heavy atom. The van der Waals surface area contributed by atoms with E-state index in [1.165, 1.54) is 5.56 Å². The summed E-state index contributed by atoms with van der Waals surface area (Å²) in [6, 6.07) is 13.9. The molecule has 26 heavy (non-hydrogen) atoms. The second kappa shape index (κ2) is 7.99. The van der Waals surface area contributed by atoms with Gasteiger partial charge in [-0.05, 0) is 17.7 Å². The predicted octanol–water partition coefficient (Wildman–Crippen LogP) is 2.02. The summed E-state index contributed by atoms with van der Waals surface area (Å²) < 4.78 is 0. The summed E-state index contributed by atoms with van der Waals surface area (Å²) in [5, 5.41) is 0. The lowest BCUT2D eigenvalue weighted by molar-refractivity contribution is -0.130. The molecular weight excluding hydrogens is 328 g/mol. The van der Waals surface area contributed by atoms with Crippen molar-refractivity contribution in [2.75, 3.05) is 38.1 Å². The van der Waals surface area contributed by atoms with Gasteiger partial charge in [-0.3, -0.25) is 14.6 Å². The Balaban J connectivity index is 1.67. The number of anilines is 1. The van der Waals surface area contributed by atoms with Crippen LogP contribution in [-0.2, 0) is 11.3 Å². The number of hydrogen-bond donors (Lipinski definition) is 0. The zero-order valence-electron chi connectivity index (χ0n) is 15.3. The van der Waals surface area contributed by atoms with Crippen LogP contribution in [0.4, 0.5) is 5.69 Å². The Labute approximate surface area is 154 Å². The van der Waals surface area contributed by atoms with Crippen LogP contribution in [0.25, 0.3) is 0 Å². The Hall–Kier alpha value is -2.89. The van der Waals surface area contributed by atoms with Crippen LogP contribution in [0.2, 0.25) is 0 Å². The summed E-state index contributed by atoms with van der Waals surface area (Å²) in [6.45, 7) is 4.57. The van der Waals surface area contributed by atoms with Crippen molar-refractivity contribution < 1.29 is 9.59 Å². The summed E-state index contributed by atoms with van der Waals surface area (Å²) in [5.74, 6) is -0.0251. The van der Waals surface area contributed by atoms with Crippen LogP contribution in [0, 0.1) is 0 Å².